The number of aliphatic hydroxyl groups excluding tert-OH is 1. The van der Waals surface area contributed by atoms with Gasteiger partial charge in [-0.3, -0.25) is 0 Å². The monoisotopic (exact) mass is 756 g/mol. The first-order chi connectivity index (χ1) is 27.2. The minimum atomic E-state index is -1.96. The molecule has 0 fully saturated rings. The van der Waals surface area contributed by atoms with Gasteiger partial charge in [0, 0.05) is 34.1 Å². The van der Waals surface area contributed by atoms with Gasteiger partial charge in [0.1, 0.15) is 14.7 Å². The van der Waals surface area contributed by atoms with Gasteiger partial charge in [-0.05, 0) is 111 Å². The molecule has 1 nitrogen and oxygen atoms in total. The van der Waals surface area contributed by atoms with E-state index in [0.717, 1.165) is 42.4 Å². The largest absolute Gasteiger partial charge is 0.384 e. The standard InChI is InChI=1S/C54H64OSi/c1-9-11-13-15-22-43-37-46(44(23-16-14-12-10-2)36-45(43)24-21-34-55)32-31-41-29-30-42(33-35-56(38(3)4,39(5)6)40(7)8)52-51(41)53-47-25-17-19-27-49(47)54(52)50-28-20-18-26-48(50)53/h17-20,25-30,36-40,53-55H,9-16,22-23,34H2,1-8H3. The van der Waals surface area contributed by atoms with Gasteiger partial charge in [-0.2, -0.15) is 0 Å². The molecule has 2 bridgehead atoms. The molecule has 1 N–H and O–H groups in total. The zero-order valence-corrected chi connectivity index (χ0v) is 36.5. The molecule has 2 heteroatoms. The molecule has 0 aromatic heterocycles. The number of rotatable bonds is 13. The fourth-order valence-electron chi connectivity index (χ4n) is 10.2. The summed E-state index contributed by atoms with van der Waals surface area (Å²) in [5.74, 6) is 18.1. The molecule has 0 spiro atoms. The molecule has 4 aromatic carbocycles. The summed E-state index contributed by atoms with van der Waals surface area (Å²) in [7, 11) is -1.96. The molecule has 4 aromatic rings. The number of hydrogen-bond donors (Lipinski definition) is 1. The molecule has 0 aliphatic heterocycles. The molecule has 0 unspecified atom stereocenters. The Morgan fingerprint density at radius 3 is 1.34 bits per heavy atom. The lowest BCUT2D eigenvalue weighted by atomic mass is 9.59. The van der Waals surface area contributed by atoms with Crippen molar-refractivity contribution in [3.05, 3.63) is 140 Å². The van der Waals surface area contributed by atoms with Crippen LogP contribution in [-0.2, 0) is 12.8 Å². The van der Waals surface area contributed by atoms with Crippen molar-refractivity contribution in [2.45, 2.75) is 148 Å². The fraction of sp³-hybridized carbons (Fsp3) is 0.444. The summed E-state index contributed by atoms with van der Waals surface area (Å²) in [5, 5.41) is 9.63. The van der Waals surface area contributed by atoms with Gasteiger partial charge in [0.25, 0.3) is 0 Å². The van der Waals surface area contributed by atoms with Crippen molar-refractivity contribution >= 4 is 8.07 Å². The third kappa shape index (κ3) is 8.24. The molecule has 3 aliphatic rings. The van der Waals surface area contributed by atoms with Crippen LogP contribution >= 0.6 is 0 Å². The fourth-order valence-corrected chi connectivity index (χ4v) is 15.4. The molecular weight excluding hydrogens is 693 g/mol. The van der Waals surface area contributed by atoms with Crippen LogP contribution in [-0.4, -0.2) is 19.8 Å². The number of aliphatic hydroxyl groups is 1. The van der Waals surface area contributed by atoms with Crippen LogP contribution in [0, 0.1) is 35.1 Å². The maximum Gasteiger partial charge on any atom is 0.146 e. The lowest BCUT2D eigenvalue weighted by Crippen LogP contribution is -2.43. The zero-order chi connectivity index (χ0) is 39.8. The Kier molecular flexibility index (Phi) is 13.9. The molecule has 7 rings (SSSR count). The first kappa shape index (κ1) is 41.4. The normalized spacial score (nSPS) is 15.0. The third-order valence-electron chi connectivity index (χ3n) is 12.9. The summed E-state index contributed by atoms with van der Waals surface area (Å²) in [6.07, 6.45) is 11.6. The van der Waals surface area contributed by atoms with E-state index in [1.54, 1.807) is 0 Å². The van der Waals surface area contributed by atoms with Gasteiger partial charge < -0.3 is 5.11 Å². The highest BCUT2D eigenvalue weighted by Gasteiger charge is 2.44. The van der Waals surface area contributed by atoms with Crippen molar-refractivity contribution in [1.29, 1.82) is 0 Å². The van der Waals surface area contributed by atoms with Gasteiger partial charge in [0.05, 0.1) is 0 Å². The van der Waals surface area contributed by atoms with Crippen LogP contribution in [0.2, 0.25) is 16.6 Å². The Morgan fingerprint density at radius 1 is 0.518 bits per heavy atom. The van der Waals surface area contributed by atoms with E-state index in [1.165, 1.54) is 88.6 Å². The van der Waals surface area contributed by atoms with Gasteiger partial charge >= 0.3 is 0 Å². The topological polar surface area (TPSA) is 20.2 Å². The molecule has 0 amide bonds. The molecule has 3 aliphatic carbocycles. The Labute approximate surface area is 341 Å². The highest BCUT2D eigenvalue weighted by atomic mass is 28.3. The summed E-state index contributed by atoms with van der Waals surface area (Å²) >= 11 is 0. The molecule has 0 saturated heterocycles. The first-order valence-electron chi connectivity index (χ1n) is 21.8. The van der Waals surface area contributed by atoms with E-state index < -0.39 is 8.07 Å². The van der Waals surface area contributed by atoms with E-state index in [0.29, 0.717) is 16.6 Å². The number of benzene rings is 4. The molecule has 0 saturated carbocycles. The third-order valence-corrected chi connectivity index (χ3v) is 19.2. The van der Waals surface area contributed by atoms with Crippen LogP contribution in [0.3, 0.4) is 0 Å². The second kappa shape index (κ2) is 18.8. The van der Waals surface area contributed by atoms with Gasteiger partial charge in [-0.25, -0.2) is 0 Å². The Hall–Kier alpha value is -4.26. The van der Waals surface area contributed by atoms with Crippen molar-refractivity contribution in [1.82, 2.24) is 0 Å². The summed E-state index contributed by atoms with van der Waals surface area (Å²) < 4.78 is 0. The van der Waals surface area contributed by atoms with E-state index in [4.69, 9.17) is 0 Å². The Balaban J connectivity index is 1.56. The highest BCUT2D eigenvalue weighted by Crippen LogP contribution is 2.57. The van der Waals surface area contributed by atoms with Crippen molar-refractivity contribution in [2.75, 3.05) is 6.61 Å². The molecule has 290 valence electrons. The average Bonchev–Trinajstić information content (AvgIpc) is 3.20. The zero-order valence-electron chi connectivity index (χ0n) is 35.5. The van der Waals surface area contributed by atoms with Crippen LogP contribution < -0.4 is 0 Å². The van der Waals surface area contributed by atoms with Crippen molar-refractivity contribution in [3.63, 3.8) is 0 Å². The molecular formula is C54H64OSi. The number of hydrogen-bond acceptors (Lipinski definition) is 1. The van der Waals surface area contributed by atoms with Gasteiger partial charge in [0.2, 0.25) is 0 Å². The Bertz CT molecular complexity index is 2130. The first-order valence-corrected chi connectivity index (χ1v) is 24.1. The van der Waals surface area contributed by atoms with Crippen LogP contribution in [0.5, 0.6) is 0 Å². The van der Waals surface area contributed by atoms with E-state index in [2.05, 4.69) is 163 Å². The SMILES string of the molecule is CCCCCCc1cc(C#Cc2ccc(C#C[Si](C(C)C)(C(C)C)C(C)C)c3c2C2c4ccccc4C3c3ccccc32)c(CCCCCC)cc1C#CCO. The molecule has 0 heterocycles. The summed E-state index contributed by atoms with van der Waals surface area (Å²) in [5.41, 5.74) is 21.2. The van der Waals surface area contributed by atoms with Crippen molar-refractivity contribution < 1.29 is 5.11 Å². The predicted molar refractivity (Wildman–Crippen MR) is 241 cm³/mol. The maximum atomic E-state index is 9.63. The highest BCUT2D eigenvalue weighted by molar-refractivity contribution is 6.90. The summed E-state index contributed by atoms with van der Waals surface area (Å²) in [6, 6.07) is 27.5. The lowest BCUT2D eigenvalue weighted by Gasteiger charge is -2.43. The number of unbranched alkanes of at least 4 members (excludes halogenated alkanes) is 6. The Morgan fingerprint density at radius 2 is 0.929 bits per heavy atom. The second-order valence-corrected chi connectivity index (χ2v) is 22.8. The lowest BCUT2D eigenvalue weighted by molar-refractivity contribution is 0.350. The minimum Gasteiger partial charge on any atom is -0.384 e. The van der Waals surface area contributed by atoms with Gasteiger partial charge in [-0.1, -0.05) is 172 Å². The smallest absolute Gasteiger partial charge is 0.146 e. The van der Waals surface area contributed by atoms with Gasteiger partial charge in [0.15, 0.2) is 0 Å². The van der Waals surface area contributed by atoms with Crippen molar-refractivity contribution in [3.8, 4) is 35.1 Å². The van der Waals surface area contributed by atoms with Crippen LogP contribution in [0.1, 0.15) is 185 Å². The van der Waals surface area contributed by atoms with E-state index in [1.807, 2.05) is 0 Å². The van der Waals surface area contributed by atoms with E-state index in [-0.39, 0.29) is 18.4 Å². The van der Waals surface area contributed by atoms with E-state index in [9.17, 15) is 5.11 Å². The minimum absolute atomic E-state index is 0.120. The second-order valence-electron chi connectivity index (χ2n) is 17.3. The summed E-state index contributed by atoms with van der Waals surface area (Å²) in [4.78, 5) is 0. The number of aryl methyl sites for hydroxylation is 2. The molecule has 0 atom stereocenters. The average molecular weight is 757 g/mol. The summed E-state index contributed by atoms with van der Waals surface area (Å²) in [6.45, 7) is 18.8. The van der Waals surface area contributed by atoms with Gasteiger partial charge in [-0.15, -0.1) is 5.54 Å². The van der Waals surface area contributed by atoms with E-state index >= 15 is 0 Å². The van der Waals surface area contributed by atoms with Crippen LogP contribution in [0.15, 0.2) is 72.8 Å². The quantitative estimate of drug-likeness (QED) is 0.0707. The predicted octanol–water partition coefficient (Wildman–Crippen LogP) is 13.2. The molecule has 56 heavy (non-hydrogen) atoms. The molecule has 0 radical (unpaired) electrons. The van der Waals surface area contributed by atoms with Crippen molar-refractivity contribution in [2.24, 2.45) is 0 Å². The van der Waals surface area contributed by atoms with Crippen LogP contribution in [0.25, 0.3) is 0 Å². The van der Waals surface area contributed by atoms with Crippen LogP contribution in [0.4, 0.5) is 0 Å². The maximum absolute atomic E-state index is 9.63.